The number of nitrogens with zero attached hydrogens (tertiary/aromatic N) is 3. The Morgan fingerprint density at radius 3 is 2.53 bits per heavy atom. The van der Waals surface area contributed by atoms with Crippen LogP contribution in [0.2, 0.25) is 0 Å². The smallest absolute Gasteiger partial charge is 0.358 e. The van der Waals surface area contributed by atoms with Crippen LogP contribution in [-0.4, -0.2) is 55.2 Å². The van der Waals surface area contributed by atoms with Crippen LogP contribution in [0.4, 0.5) is 5.69 Å². The summed E-state index contributed by atoms with van der Waals surface area (Å²) in [5.41, 5.74) is 0.163. The molecule has 1 saturated heterocycles. The van der Waals surface area contributed by atoms with Gasteiger partial charge in [0.2, 0.25) is 0 Å². The van der Waals surface area contributed by atoms with Crippen molar-refractivity contribution < 1.29 is 29.1 Å². The third kappa shape index (κ3) is 4.92. The van der Waals surface area contributed by atoms with Crippen molar-refractivity contribution in [2.24, 2.45) is 4.99 Å². The second kappa shape index (κ2) is 10.3. The van der Waals surface area contributed by atoms with E-state index < -0.39 is 28.2 Å². The van der Waals surface area contributed by atoms with Crippen molar-refractivity contribution in [3.05, 3.63) is 81.7 Å². The number of nitro groups is 1. The fourth-order valence-electron chi connectivity index (χ4n) is 3.33. The number of likely N-dealkylation sites (tertiary alicyclic amines) is 1. The van der Waals surface area contributed by atoms with E-state index in [9.17, 15) is 24.8 Å². The number of allylic oxidation sites excluding steroid dienone is 1. The number of hydrogen-bond donors (Lipinski definition) is 1. The standard InChI is InChI=1S/C22H18BrN3O7S/c23-10-16(27)19(22(29)33-11-13-6-8-14(9-7-13)26(30)31)25-20(28)18-21(25)34-17(24-18)12-32-15-4-2-1-3-5-15/h1-9,18,21,27H,10-12H2. The van der Waals surface area contributed by atoms with Gasteiger partial charge in [0, 0.05) is 12.1 Å². The number of para-hydroxylation sites is 1. The number of carbonyl (C=O) groups is 2. The number of alkyl halides is 1. The number of thioether (sulfide) groups is 1. The van der Waals surface area contributed by atoms with Crippen LogP contribution in [0.25, 0.3) is 0 Å². The number of amides is 1. The van der Waals surface area contributed by atoms with Crippen molar-refractivity contribution in [2.75, 3.05) is 11.9 Å². The Morgan fingerprint density at radius 2 is 1.88 bits per heavy atom. The molecular weight excluding hydrogens is 530 g/mol. The van der Waals surface area contributed by atoms with Gasteiger partial charge in [-0.15, -0.1) is 0 Å². The Kier molecular flexibility index (Phi) is 7.17. The van der Waals surface area contributed by atoms with Crippen LogP contribution < -0.4 is 4.74 Å². The van der Waals surface area contributed by atoms with Crippen molar-refractivity contribution >= 4 is 50.3 Å². The van der Waals surface area contributed by atoms with Crippen molar-refractivity contribution in [2.45, 2.75) is 18.0 Å². The molecule has 4 rings (SSSR count). The average molecular weight is 548 g/mol. The van der Waals surface area contributed by atoms with E-state index in [-0.39, 0.29) is 35.7 Å². The van der Waals surface area contributed by atoms with Gasteiger partial charge in [0.25, 0.3) is 11.6 Å². The van der Waals surface area contributed by atoms with Crippen LogP contribution in [0, 0.1) is 10.1 Å². The second-order valence-corrected chi connectivity index (χ2v) is 8.97. The molecule has 0 bridgehead atoms. The summed E-state index contributed by atoms with van der Waals surface area (Å²) >= 11 is 4.39. The number of β-lactam (4-membered cyclic amide) rings is 1. The SMILES string of the molecule is O=C(OCc1ccc([N+](=O)[O-])cc1)C(=C(O)CBr)N1C(=O)C2N=C(COc3ccccc3)SC21. The Hall–Kier alpha value is -3.38. The van der Waals surface area contributed by atoms with Crippen LogP contribution in [0.15, 0.2) is 71.0 Å². The molecule has 2 heterocycles. The molecule has 2 atom stereocenters. The van der Waals surface area contributed by atoms with Gasteiger partial charge in [-0.2, -0.15) is 0 Å². The normalized spacial score (nSPS) is 19.5. The summed E-state index contributed by atoms with van der Waals surface area (Å²) in [5.74, 6) is -1.01. The number of aliphatic hydroxyl groups is 1. The third-order valence-corrected chi connectivity index (χ3v) is 6.75. The van der Waals surface area contributed by atoms with Gasteiger partial charge in [-0.25, -0.2) is 4.79 Å². The number of benzene rings is 2. The number of non-ortho nitro benzene ring substituents is 1. The molecule has 2 aliphatic heterocycles. The maximum atomic E-state index is 12.8. The lowest BCUT2D eigenvalue weighted by Gasteiger charge is -2.41. The largest absolute Gasteiger partial charge is 0.509 e. The highest BCUT2D eigenvalue weighted by Gasteiger charge is 2.55. The minimum atomic E-state index is -0.892. The second-order valence-electron chi connectivity index (χ2n) is 7.21. The number of hydrogen-bond acceptors (Lipinski definition) is 9. The highest BCUT2D eigenvalue weighted by atomic mass is 79.9. The fourth-order valence-corrected chi connectivity index (χ4v) is 4.80. The van der Waals surface area contributed by atoms with Gasteiger partial charge >= 0.3 is 5.97 Å². The number of ether oxygens (including phenoxy) is 2. The molecule has 1 N–H and O–H groups in total. The average Bonchev–Trinajstić information content (AvgIpc) is 3.24. The number of fused-ring (bicyclic) bond motifs is 1. The summed E-state index contributed by atoms with van der Waals surface area (Å²) in [5, 5.41) is 21.2. The first kappa shape index (κ1) is 23.8. The maximum Gasteiger partial charge on any atom is 0.358 e. The number of carbonyl (C=O) groups excluding carboxylic acids is 2. The molecule has 2 aliphatic rings. The summed E-state index contributed by atoms with van der Waals surface area (Å²) in [7, 11) is 0. The van der Waals surface area contributed by atoms with Crippen LogP contribution in [0.5, 0.6) is 5.75 Å². The molecule has 2 unspecified atom stereocenters. The molecule has 10 nitrogen and oxygen atoms in total. The first-order chi connectivity index (χ1) is 16.4. The van der Waals surface area contributed by atoms with Crippen molar-refractivity contribution in [1.29, 1.82) is 0 Å². The van der Waals surface area contributed by atoms with E-state index in [2.05, 4.69) is 20.9 Å². The van der Waals surface area contributed by atoms with E-state index in [0.29, 0.717) is 16.4 Å². The summed E-state index contributed by atoms with van der Waals surface area (Å²) in [6, 6.07) is 14.0. The van der Waals surface area contributed by atoms with Gasteiger partial charge < -0.3 is 14.6 Å². The molecule has 0 aliphatic carbocycles. The summed E-state index contributed by atoms with van der Waals surface area (Å²) in [6.45, 7) is -0.0112. The Bertz CT molecular complexity index is 1170. The Morgan fingerprint density at radius 1 is 1.18 bits per heavy atom. The molecule has 2 aromatic rings. The predicted molar refractivity (Wildman–Crippen MR) is 128 cm³/mol. The lowest BCUT2D eigenvalue weighted by molar-refractivity contribution is -0.384. The van der Waals surface area contributed by atoms with Gasteiger partial charge in [-0.1, -0.05) is 45.9 Å². The van der Waals surface area contributed by atoms with Crippen molar-refractivity contribution in [1.82, 2.24) is 4.90 Å². The molecule has 0 spiro atoms. The minimum absolute atomic E-state index is 0.0639. The molecule has 12 heteroatoms. The zero-order valence-electron chi connectivity index (χ0n) is 17.5. The van der Waals surface area contributed by atoms with Crippen LogP contribution in [-0.2, 0) is 20.9 Å². The van der Waals surface area contributed by atoms with Gasteiger partial charge in [0.1, 0.15) is 35.1 Å². The molecule has 0 saturated carbocycles. The van der Waals surface area contributed by atoms with Crippen molar-refractivity contribution in [3.63, 3.8) is 0 Å². The Labute approximate surface area is 206 Å². The molecule has 1 fully saturated rings. The molecule has 0 aromatic heterocycles. The lowest BCUT2D eigenvalue weighted by Crippen LogP contribution is -2.61. The number of esters is 1. The molecule has 176 valence electrons. The number of aliphatic hydroxyl groups excluding tert-OH is 1. The van der Waals surface area contributed by atoms with E-state index in [1.807, 2.05) is 30.3 Å². The van der Waals surface area contributed by atoms with Crippen molar-refractivity contribution in [3.8, 4) is 5.75 Å². The van der Waals surface area contributed by atoms with Crippen LogP contribution in [0.1, 0.15) is 5.56 Å². The number of rotatable bonds is 9. The van der Waals surface area contributed by atoms with E-state index >= 15 is 0 Å². The topological polar surface area (TPSA) is 132 Å². The fraction of sp³-hybridized carbons (Fsp3) is 0.227. The molecule has 0 radical (unpaired) electrons. The van der Waals surface area contributed by atoms with E-state index in [1.165, 1.54) is 40.9 Å². The van der Waals surface area contributed by atoms with E-state index in [1.54, 1.807) is 0 Å². The zero-order chi connectivity index (χ0) is 24.2. The molecule has 2 aromatic carbocycles. The first-order valence-electron chi connectivity index (χ1n) is 10.0. The summed E-state index contributed by atoms with van der Waals surface area (Å²) < 4.78 is 11.0. The monoisotopic (exact) mass is 547 g/mol. The van der Waals surface area contributed by atoms with E-state index in [0.717, 1.165) is 0 Å². The summed E-state index contributed by atoms with van der Waals surface area (Å²) in [4.78, 5) is 41.4. The highest BCUT2D eigenvalue weighted by Crippen LogP contribution is 2.42. The number of halogens is 1. The molecular formula is C22H18BrN3O7S. The predicted octanol–water partition coefficient (Wildman–Crippen LogP) is 3.56. The summed E-state index contributed by atoms with van der Waals surface area (Å²) in [6.07, 6.45) is 0. The number of aliphatic imine (C=N–C) groups is 1. The minimum Gasteiger partial charge on any atom is -0.509 e. The third-order valence-electron chi connectivity index (χ3n) is 5.01. The lowest BCUT2D eigenvalue weighted by atomic mass is 10.1. The highest BCUT2D eigenvalue weighted by molar-refractivity contribution is 9.09. The van der Waals surface area contributed by atoms with Crippen LogP contribution in [0.3, 0.4) is 0 Å². The van der Waals surface area contributed by atoms with Crippen LogP contribution >= 0.6 is 27.7 Å². The number of nitro benzene ring substituents is 1. The van der Waals surface area contributed by atoms with Gasteiger partial charge in [0.05, 0.1) is 10.3 Å². The maximum absolute atomic E-state index is 12.8. The zero-order valence-corrected chi connectivity index (χ0v) is 19.9. The van der Waals surface area contributed by atoms with Gasteiger partial charge in [0.15, 0.2) is 11.7 Å². The first-order valence-corrected chi connectivity index (χ1v) is 12.0. The van der Waals surface area contributed by atoms with Gasteiger partial charge in [-0.3, -0.25) is 24.8 Å². The van der Waals surface area contributed by atoms with E-state index in [4.69, 9.17) is 9.47 Å². The Balaban J connectivity index is 1.41. The van der Waals surface area contributed by atoms with Gasteiger partial charge in [-0.05, 0) is 29.8 Å². The molecule has 1 amide bonds. The molecule has 34 heavy (non-hydrogen) atoms. The quantitative estimate of drug-likeness (QED) is 0.0958.